The summed E-state index contributed by atoms with van der Waals surface area (Å²) in [7, 11) is -3.97. The van der Waals surface area contributed by atoms with Crippen LogP contribution >= 0.6 is 11.6 Å². The van der Waals surface area contributed by atoms with E-state index in [1.54, 1.807) is 49.4 Å². The number of nitrogens with one attached hydrogen (secondary N) is 1. The van der Waals surface area contributed by atoms with Gasteiger partial charge in [0.25, 0.3) is 10.0 Å². The normalized spacial score (nSPS) is 11.4. The first-order valence-electron chi connectivity index (χ1n) is 11.9. The summed E-state index contributed by atoms with van der Waals surface area (Å²) in [5, 5.41) is 3.36. The Kier molecular flexibility index (Phi) is 9.40. The van der Waals surface area contributed by atoms with Crippen LogP contribution in [0.4, 0.5) is 5.69 Å². The average Bonchev–Trinajstić information content (AvgIpc) is 2.82. The van der Waals surface area contributed by atoms with Crippen LogP contribution in [-0.4, -0.2) is 33.5 Å². The molecule has 3 rings (SSSR count). The third-order valence-electron chi connectivity index (χ3n) is 5.58. The van der Waals surface area contributed by atoms with Gasteiger partial charge in [-0.25, -0.2) is 8.42 Å². The lowest BCUT2D eigenvalue weighted by molar-refractivity contribution is -0.119. The summed E-state index contributed by atoms with van der Waals surface area (Å²) < 4.78 is 33.9. The summed E-state index contributed by atoms with van der Waals surface area (Å²) in [5.74, 6) is 0.454. The number of sulfonamides is 1. The lowest BCUT2D eigenvalue weighted by atomic mass is 10.1. The van der Waals surface area contributed by atoms with Crippen LogP contribution in [0, 0.1) is 13.8 Å². The van der Waals surface area contributed by atoms with Crippen LogP contribution in [0.5, 0.6) is 5.75 Å². The van der Waals surface area contributed by atoms with Crippen molar-refractivity contribution in [2.75, 3.05) is 17.4 Å². The topological polar surface area (TPSA) is 75.7 Å². The number of rotatable bonds is 11. The summed E-state index contributed by atoms with van der Waals surface area (Å²) in [6.45, 7) is 7.73. The van der Waals surface area contributed by atoms with Crippen molar-refractivity contribution in [2.24, 2.45) is 0 Å². The van der Waals surface area contributed by atoms with Gasteiger partial charge in [0.2, 0.25) is 5.91 Å². The first-order valence-corrected chi connectivity index (χ1v) is 13.8. The monoisotopic (exact) mass is 528 g/mol. The van der Waals surface area contributed by atoms with Crippen LogP contribution in [0.25, 0.3) is 0 Å². The second kappa shape index (κ2) is 12.3. The van der Waals surface area contributed by atoms with Gasteiger partial charge in [-0.3, -0.25) is 9.10 Å². The fourth-order valence-electron chi connectivity index (χ4n) is 3.75. The van der Waals surface area contributed by atoms with Crippen molar-refractivity contribution in [3.05, 3.63) is 88.4 Å². The van der Waals surface area contributed by atoms with E-state index in [0.29, 0.717) is 22.8 Å². The number of nitrogens with zero attached hydrogens (tertiary/aromatic N) is 1. The molecule has 0 unspecified atom stereocenters. The van der Waals surface area contributed by atoms with Crippen molar-refractivity contribution in [1.82, 2.24) is 5.32 Å². The molecule has 36 heavy (non-hydrogen) atoms. The molecule has 0 saturated heterocycles. The van der Waals surface area contributed by atoms with Crippen molar-refractivity contribution in [3.63, 3.8) is 0 Å². The second-order valence-electron chi connectivity index (χ2n) is 9.02. The van der Waals surface area contributed by atoms with Gasteiger partial charge in [0.05, 0.1) is 16.7 Å². The molecule has 6 nitrogen and oxygen atoms in total. The summed E-state index contributed by atoms with van der Waals surface area (Å²) in [6.07, 6.45) is 1.63. The number of hydrogen-bond acceptors (Lipinski definition) is 4. The van der Waals surface area contributed by atoms with E-state index in [0.717, 1.165) is 34.0 Å². The quantitative estimate of drug-likeness (QED) is 0.324. The molecule has 0 aliphatic carbocycles. The average molecular weight is 529 g/mol. The van der Waals surface area contributed by atoms with Crippen LogP contribution < -0.4 is 14.4 Å². The van der Waals surface area contributed by atoms with Crippen molar-refractivity contribution >= 4 is 33.2 Å². The van der Waals surface area contributed by atoms with E-state index in [4.69, 9.17) is 16.3 Å². The maximum Gasteiger partial charge on any atom is 0.264 e. The lowest BCUT2D eigenvalue weighted by Crippen LogP contribution is -2.41. The van der Waals surface area contributed by atoms with Crippen LogP contribution in [0.3, 0.4) is 0 Å². The van der Waals surface area contributed by atoms with E-state index < -0.39 is 10.0 Å². The number of benzene rings is 3. The minimum atomic E-state index is -3.97. The maximum atomic E-state index is 13.5. The Morgan fingerprint density at radius 1 is 1.00 bits per heavy atom. The van der Waals surface area contributed by atoms with Gasteiger partial charge in [-0.2, -0.15) is 0 Å². The number of carbonyl (C=O) groups is 1. The van der Waals surface area contributed by atoms with Crippen LogP contribution in [-0.2, 0) is 21.2 Å². The Balaban J connectivity index is 1.67. The molecule has 3 aromatic rings. The summed E-state index contributed by atoms with van der Waals surface area (Å²) >= 11 is 6.09. The Bertz CT molecular complexity index is 1270. The summed E-state index contributed by atoms with van der Waals surface area (Å²) in [5.41, 5.74) is 3.17. The van der Waals surface area contributed by atoms with E-state index in [1.165, 1.54) is 0 Å². The van der Waals surface area contributed by atoms with E-state index in [-0.39, 0.29) is 23.5 Å². The molecule has 0 heterocycles. The first-order chi connectivity index (χ1) is 17.1. The highest BCUT2D eigenvalue weighted by Gasteiger charge is 2.28. The Hall–Kier alpha value is -3.03. The molecule has 0 atom stereocenters. The van der Waals surface area contributed by atoms with Gasteiger partial charge in [-0.15, -0.1) is 0 Å². The standard InChI is InChI=1S/C28H33ClN2O4S/c1-20(2)35-25-12-9-23(10-13-25)6-5-17-30-28(32)19-31(27-16-11-24(29)18-22(27)4)36(33,34)26-14-7-21(3)8-15-26/h7-16,18,20H,5-6,17,19H2,1-4H3,(H,30,32). The number of aryl methyl sites for hydroxylation is 3. The third-order valence-corrected chi connectivity index (χ3v) is 7.59. The Morgan fingerprint density at radius 3 is 2.28 bits per heavy atom. The Labute approximate surface area is 219 Å². The van der Waals surface area contributed by atoms with E-state index in [9.17, 15) is 13.2 Å². The highest BCUT2D eigenvalue weighted by Crippen LogP contribution is 2.29. The number of ether oxygens (including phenoxy) is 1. The number of halogens is 1. The third kappa shape index (κ3) is 7.48. The molecule has 1 N–H and O–H groups in total. The summed E-state index contributed by atoms with van der Waals surface area (Å²) in [6, 6.07) is 19.4. The van der Waals surface area contributed by atoms with Gasteiger partial charge in [-0.1, -0.05) is 41.4 Å². The van der Waals surface area contributed by atoms with E-state index in [2.05, 4.69) is 5.32 Å². The smallest absolute Gasteiger partial charge is 0.264 e. The molecule has 0 saturated carbocycles. The van der Waals surface area contributed by atoms with Crippen molar-refractivity contribution < 1.29 is 17.9 Å². The zero-order valence-corrected chi connectivity index (χ0v) is 22.7. The molecule has 192 valence electrons. The minimum absolute atomic E-state index is 0.122. The predicted molar refractivity (Wildman–Crippen MR) is 145 cm³/mol. The van der Waals surface area contributed by atoms with Gasteiger partial charge in [0.1, 0.15) is 12.3 Å². The maximum absolute atomic E-state index is 13.5. The number of hydrogen-bond donors (Lipinski definition) is 1. The fraction of sp³-hybridized carbons (Fsp3) is 0.321. The SMILES string of the molecule is Cc1ccc(S(=O)(=O)N(CC(=O)NCCCc2ccc(OC(C)C)cc2)c2ccc(Cl)cc2C)cc1. The molecule has 0 spiro atoms. The number of carbonyl (C=O) groups excluding carboxylic acids is 1. The van der Waals surface area contributed by atoms with Crippen molar-refractivity contribution in [3.8, 4) is 5.75 Å². The van der Waals surface area contributed by atoms with Gasteiger partial charge >= 0.3 is 0 Å². The molecule has 3 aromatic carbocycles. The van der Waals surface area contributed by atoms with Gasteiger partial charge < -0.3 is 10.1 Å². The lowest BCUT2D eigenvalue weighted by Gasteiger charge is -2.26. The van der Waals surface area contributed by atoms with Crippen LogP contribution in [0.1, 0.15) is 37.0 Å². The zero-order valence-electron chi connectivity index (χ0n) is 21.1. The highest BCUT2D eigenvalue weighted by molar-refractivity contribution is 7.92. The molecule has 0 radical (unpaired) electrons. The minimum Gasteiger partial charge on any atom is -0.491 e. The molecule has 0 fully saturated rings. The molecule has 0 aliphatic rings. The second-order valence-corrected chi connectivity index (χ2v) is 11.3. The number of anilines is 1. The highest BCUT2D eigenvalue weighted by atomic mass is 35.5. The van der Waals surface area contributed by atoms with E-state index >= 15 is 0 Å². The van der Waals surface area contributed by atoms with Crippen LogP contribution in [0.2, 0.25) is 5.02 Å². The fourth-order valence-corrected chi connectivity index (χ4v) is 5.46. The molecular weight excluding hydrogens is 496 g/mol. The molecule has 0 aromatic heterocycles. The van der Waals surface area contributed by atoms with Gasteiger partial charge in [0.15, 0.2) is 0 Å². The number of amides is 1. The molecule has 1 amide bonds. The molecule has 0 aliphatic heterocycles. The Morgan fingerprint density at radius 2 is 1.67 bits per heavy atom. The van der Waals surface area contributed by atoms with Crippen LogP contribution in [0.15, 0.2) is 71.6 Å². The summed E-state index contributed by atoms with van der Waals surface area (Å²) in [4.78, 5) is 13.0. The first kappa shape index (κ1) is 27.6. The zero-order chi connectivity index (χ0) is 26.3. The largest absolute Gasteiger partial charge is 0.491 e. The van der Waals surface area contributed by atoms with Crippen molar-refractivity contribution in [1.29, 1.82) is 0 Å². The molecule has 0 bridgehead atoms. The van der Waals surface area contributed by atoms with Gasteiger partial charge in [0, 0.05) is 11.6 Å². The molecule has 8 heteroatoms. The van der Waals surface area contributed by atoms with Gasteiger partial charge in [-0.05, 0) is 94.1 Å². The predicted octanol–water partition coefficient (Wildman–Crippen LogP) is 5.69. The van der Waals surface area contributed by atoms with E-state index in [1.807, 2.05) is 45.0 Å². The van der Waals surface area contributed by atoms with Crippen molar-refractivity contribution in [2.45, 2.75) is 51.5 Å². The molecular formula is C28H33ClN2O4S.